The third kappa shape index (κ3) is 3.13. The summed E-state index contributed by atoms with van der Waals surface area (Å²) in [5.41, 5.74) is 3.22. The van der Waals surface area contributed by atoms with Gasteiger partial charge in [0.1, 0.15) is 12.4 Å². The average molecular weight is 299 g/mol. The van der Waals surface area contributed by atoms with Crippen LogP contribution in [-0.4, -0.2) is 28.8 Å². The number of carbonyl (C=O) groups excluding carboxylic acids is 1. The number of para-hydroxylation sites is 1. The standard InChI is InChI=1S/C17H21N3O2/c1-12-9-13(2)20(19-12)8-7-18-17(21)15-10-14-5-3-4-6-16(14)22-11-15/h3-6,9,15H,7-8,10-11H2,1-2H3,(H,18,21)/t15-/m0/s1. The molecule has 5 heteroatoms. The third-order valence-electron chi connectivity index (χ3n) is 3.98. The summed E-state index contributed by atoms with van der Waals surface area (Å²) >= 11 is 0. The Morgan fingerprint density at radius 1 is 1.41 bits per heavy atom. The van der Waals surface area contributed by atoms with Gasteiger partial charge in [-0.1, -0.05) is 18.2 Å². The fourth-order valence-corrected chi connectivity index (χ4v) is 2.83. The molecule has 22 heavy (non-hydrogen) atoms. The van der Waals surface area contributed by atoms with Gasteiger partial charge in [-0.2, -0.15) is 5.10 Å². The van der Waals surface area contributed by atoms with E-state index in [0.717, 1.165) is 29.1 Å². The lowest BCUT2D eigenvalue weighted by atomic mass is 9.96. The van der Waals surface area contributed by atoms with E-state index in [2.05, 4.69) is 10.4 Å². The minimum Gasteiger partial charge on any atom is -0.492 e. The van der Waals surface area contributed by atoms with Crippen molar-refractivity contribution in [3.63, 3.8) is 0 Å². The van der Waals surface area contributed by atoms with Crippen molar-refractivity contribution < 1.29 is 9.53 Å². The van der Waals surface area contributed by atoms with E-state index in [1.807, 2.05) is 48.9 Å². The van der Waals surface area contributed by atoms with Gasteiger partial charge in [0.25, 0.3) is 0 Å². The lowest BCUT2D eigenvalue weighted by molar-refractivity contribution is -0.126. The monoisotopic (exact) mass is 299 g/mol. The van der Waals surface area contributed by atoms with Crippen LogP contribution in [-0.2, 0) is 17.8 Å². The van der Waals surface area contributed by atoms with Crippen LogP contribution in [0.15, 0.2) is 30.3 Å². The van der Waals surface area contributed by atoms with Crippen LogP contribution in [0, 0.1) is 19.8 Å². The van der Waals surface area contributed by atoms with Gasteiger partial charge >= 0.3 is 0 Å². The Labute approximate surface area is 130 Å². The minimum absolute atomic E-state index is 0.0519. The summed E-state index contributed by atoms with van der Waals surface area (Å²) in [6.45, 7) is 5.71. The average Bonchev–Trinajstić information content (AvgIpc) is 2.84. The molecule has 1 atom stereocenters. The van der Waals surface area contributed by atoms with Gasteiger partial charge in [0.2, 0.25) is 5.91 Å². The topological polar surface area (TPSA) is 56.2 Å². The number of rotatable bonds is 4. The summed E-state index contributed by atoms with van der Waals surface area (Å²) in [5.74, 6) is 0.834. The Morgan fingerprint density at radius 2 is 2.23 bits per heavy atom. The van der Waals surface area contributed by atoms with Gasteiger partial charge in [0.15, 0.2) is 0 Å². The van der Waals surface area contributed by atoms with Gasteiger partial charge in [-0.3, -0.25) is 9.48 Å². The molecular weight excluding hydrogens is 278 g/mol. The lowest BCUT2D eigenvalue weighted by Gasteiger charge is -2.24. The summed E-state index contributed by atoms with van der Waals surface area (Å²) in [5, 5.41) is 7.38. The number of carbonyl (C=O) groups is 1. The molecule has 1 aliphatic heterocycles. The van der Waals surface area contributed by atoms with Gasteiger partial charge in [0, 0.05) is 12.2 Å². The molecular formula is C17H21N3O2. The number of fused-ring (bicyclic) bond motifs is 1. The van der Waals surface area contributed by atoms with Gasteiger partial charge in [-0.05, 0) is 38.0 Å². The van der Waals surface area contributed by atoms with Crippen LogP contribution in [0.3, 0.4) is 0 Å². The van der Waals surface area contributed by atoms with Gasteiger partial charge < -0.3 is 10.1 Å². The summed E-state index contributed by atoms with van der Waals surface area (Å²) in [4.78, 5) is 12.3. The number of hydrogen-bond acceptors (Lipinski definition) is 3. The van der Waals surface area contributed by atoms with Crippen LogP contribution in [0.4, 0.5) is 0 Å². The van der Waals surface area contributed by atoms with E-state index in [-0.39, 0.29) is 11.8 Å². The predicted molar refractivity (Wildman–Crippen MR) is 83.8 cm³/mol. The molecule has 1 aliphatic rings. The summed E-state index contributed by atoms with van der Waals surface area (Å²) in [7, 11) is 0. The first-order valence-corrected chi connectivity index (χ1v) is 7.63. The fourth-order valence-electron chi connectivity index (χ4n) is 2.83. The molecule has 1 amide bonds. The molecule has 0 unspecified atom stereocenters. The number of benzene rings is 1. The highest BCUT2D eigenvalue weighted by atomic mass is 16.5. The van der Waals surface area contributed by atoms with E-state index in [9.17, 15) is 4.79 Å². The molecule has 5 nitrogen and oxygen atoms in total. The maximum atomic E-state index is 12.3. The van der Waals surface area contributed by atoms with Crippen LogP contribution in [0.5, 0.6) is 5.75 Å². The molecule has 3 rings (SSSR count). The van der Waals surface area contributed by atoms with Crippen LogP contribution in [0.2, 0.25) is 0 Å². The molecule has 0 fully saturated rings. The van der Waals surface area contributed by atoms with Crippen molar-refractivity contribution >= 4 is 5.91 Å². The van der Waals surface area contributed by atoms with Crippen molar-refractivity contribution in [2.45, 2.75) is 26.8 Å². The molecule has 1 aromatic heterocycles. The van der Waals surface area contributed by atoms with Gasteiger partial charge in [-0.25, -0.2) is 0 Å². The first-order valence-electron chi connectivity index (χ1n) is 7.63. The van der Waals surface area contributed by atoms with E-state index in [1.165, 1.54) is 0 Å². The molecule has 1 N–H and O–H groups in total. The number of amides is 1. The van der Waals surface area contributed by atoms with Crippen molar-refractivity contribution in [1.82, 2.24) is 15.1 Å². The Hall–Kier alpha value is -2.30. The molecule has 1 aromatic carbocycles. The molecule has 2 aromatic rings. The van der Waals surface area contributed by atoms with Gasteiger partial charge in [0.05, 0.1) is 18.2 Å². The molecule has 0 aliphatic carbocycles. The maximum Gasteiger partial charge on any atom is 0.226 e. The van der Waals surface area contributed by atoms with Crippen LogP contribution >= 0.6 is 0 Å². The van der Waals surface area contributed by atoms with Gasteiger partial charge in [-0.15, -0.1) is 0 Å². The first kappa shape index (κ1) is 14.6. The number of aromatic nitrogens is 2. The van der Waals surface area contributed by atoms with Crippen molar-refractivity contribution in [2.75, 3.05) is 13.2 Å². The number of nitrogens with one attached hydrogen (secondary N) is 1. The minimum atomic E-state index is -0.115. The van der Waals surface area contributed by atoms with E-state index in [0.29, 0.717) is 19.7 Å². The van der Waals surface area contributed by atoms with Crippen molar-refractivity contribution in [2.24, 2.45) is 5.92 Å². The largest absolute Gasteiger partial charge is 0.492 e. The van der Waals surface area contributed by atoms with Crippen molar-refractivity contribution in [3.8, 4) is 5.75 Å². The van der Waals surface area contributed by atoms with E-state index < -0.39 is 0 Å². The van der Waals surface area contributed by atoms with Crippen molar-refractivity contribution in [3.05, 3.63) is 47.3 Å². The molecule has 0 saturated heterocycles. The molecule has 2 heterocycles. The number of nitrogens with zero attached hydrogens (tertiary/aromatic N) is 2. The molecule has 0 saturated carbocycles. The highest BCUT2D eigenvalue weighted by Gasteiger charge is 2.25. The summed E-state index contributed by atoms with van der Waals surface area (Å²) in [6.07, 6.45) is 0.738. The zero-order chi connectivity index (χ0) is 15.5. The Morgan fingerprint density at radius 3 is 3.00 bits per heavy atom. The third-order valence-corrected chi connectivity index (χ3v) is 3.98. The Kier molecular flexibility index (Phi) is 4.13. The van der Waals surface area contributed by atoms with Crippen molar-refractivity contribution in [1.29, 1.82) is 0 Å². The molecule has 0 spiro atoms. The van der Waals surface area contributed by atoms with E-state index >= 15 is 0 Å². The van der Waals surface area contributed by atoms with Crippen LogP contribution in [0.25, 0.3) is 0 Å². The smallest absolute Gasteiger partial charge is 0.226 e. The zero-order valence-corrected chi connectivity index (χ0v) is 13.0. The normalized spacial score (nSPS) is 16.7. The maximum absolute atomic E-state index is 12.3. The number of hydrogen-bond donors (Lipinski definition) is 1. The zero-order valence-electron chi connectivity index (χ0n) is 13.0. The van der Waals surface area contributed by atoms with Crippen LogP contribution < -0.4 is 10.1 Å². The summed E-state index contributed by atoms with van der Waals surface area (Å²) < 4.78 is 7.58. The van der Waals surface area contributed by atoms with Crippen LogP contribution in [0.1, 0.15) is 17.0 Å². The highest BCUT2D eigenvalue weighted by Crippen LogP contribution is 2.26. The molecule has 0 bridgehead atoms. The Balaban J connectivity index is 1.52. The Bertz CT molecular complexity index is 678. The summed E-state index contributed by atoms with van der Waals surface area (Å²) in [6, 6.07) is 9.93. The van der Waals surface area contributed by atoms with E-state index in [4.69, 9.17) is 4.74 Å². The molecule has 0 radical (unpaired) electrons. The lowest BCUT2D eigenvalue weighted by Crippen LogP contribution is -2.38. The second-order valence-corrected chi connectivity index (χ2v) is 5.76. The van der Waals surface area contributed by atoms with E-state index in [1.54, 1.807) is 0 Å². The fraction of sp³-hybridized carbons (Fsp3) is 0.412. The SMILES string of the molecule is Cc1cc(C)n(CCNC(=O)[C@@H]2COc3ccccc3C2)n1. The highest BCUT2D eigenvalue weighted by molar-refractivity contribution is 5.79. The predicted octanol–water partition coefficient (Wildman–Crippen LogP) is 1.87. The quantitative estimate of drug-likeness (QED) is 0.937. The number of ether oxygens (including phenoxy) is 1. The first-order chi connectivity index (χ1) is 10.6. The molecule has 116 valence electrons. The second kappa shape index (κ2) is 6.22. The second-order valence-electron chi connectivity index (χ2n) is 5.76. The number of aryl methyl sites for hydroxylation is 2.